The van der Waals surface area contributed by atoms with Gasteiger partial charge in [-0.25, -0.2) is 4.68 Å². The molecule has 29 heavy (non-hydrogen) atoms. The molecule has 1 aromatic heterocycles. The largest absolute Gasteiger partial charge is 0.382 e. The number of nitrogens with one attached hydrogen (secondary N) is 2. The Morgan fingerprint density at radius 3 is 2.66 bits per heavy atom. The normalized spacial score (nSPS) is 10.6. The minimum absolute atomic E-state index is 0.0271. The third-order valence-corrected chi connectivity index (χ3v) is 4.99. The van der Waals surface area contributed by atoms with Crippen LogP contribution >= 0.6 is 11.8 Å². The molecule has 0 saturated heterocycles. The Morgan fingerprint density at radius 2 is 1.93 bits per heavy atom. The number of benzene rings is 2. The summed E-state index contributed by atoms with van der Waals surface area (Å²) in [5.41, 5.74) is 9.38. The van der Waals surface area contributed by atoms with Crippen molar-refractivity contribution in [2.24, 2.45) is 0 Å². The van der Waals surface area contributed by atoms with E-state index in [0.29, 0.717) is 11.4 Å². The third kappa shape index (κ3) is 4.94. The molecule has 0 radical (unpaired) electrons. The summed E-state index contributed by atoms with van der Waals surface area (Å²) in [5.74, 6) is -0.769. The van der Waals surface area contributed by atoms with Crippen LogP contribution in [0.4, 0.5) is 17.2 Å². The minimum atomic E-state index is -0.484. The molecular formula is C20H22N6O2S. The molecule has 0 aliphatic heterocycles. The van der Waals surface area contributed by atoms with Crippen LogP contribution < -0.4 is 16.4 Å². The number of nitrogen functional groups attached to an aromatic ring is 1. The van der Waals surface area contributed by atoms with Crippen molar-refractivity contribution < 1.29 is 9.59 Å². The molecule has 2 amide bonds. The van der Waals surface area contributed by atoms with E-state index in [1.807, 2.05) is 56.5 Å². The lowest BCUT2D eigenvalue weighted by molar-refractivity contribution is -0.116. The zero-order valence-electron chi connectivity index (χ0n) is 16.4. The van der Waals surface area contributed by atoms with Crippen molar-refractivity contribution in [1.29, 1.82) is 0 Å². The topological polar surface area (TPSA) is 115 Å². The standard InChI is InChI=1S/C20H22N6O2S/c1-12-7-8-16(13(2)9-12)23-17(27)11-26-19(21)18(24-25-26)20(28)22-14-5-4-6-15(10-14)29-3/h4-10H,11,21H2,1-3H3,(H,22,28)(H,23,27). The summed E-state index contributed by atoms with van der Waals surface area (Å²) in [6.07, 6.45) is 1.95. The molecule has 2 aromatic carbocycles. The Hall–Kier alpha value is -3.33. The van der Waals surface area contributed by atoms with Crippen LogP contribution in [-0.4, -0.2) is 33.1 Å². The van der Waals surface area contributed by atoms with Crippen molar-refractivity contribution in [3.05, 3.63) is 59.3 Å². The van der Waals surface area contributed by atoms with Crippen molar-refractivity contribution in [3.8, 4) is 0 Å². The summed E-state index contributed by atoms with van der Waals surface area (Å²) in [7, 11) is 0. The van der Waals surface area contributed by atoms with Gasteiger partial charge in [0.05, 0.1) is 0 Å². The van der Waals surface area contributed by atoms with Gasteiger partial charge < -0.3 is 16.4 Å². The fraction of sp³-hybridized carbons (Fsp3) is 0.200. The van der Waals surface area contributed by atoms with E-state index in [9.17, 15) is 9.59 Å². The molecule has 9 heteroatoms. The molecule has 0 spiro atoms. The SMILES string of the molecule is CSc1cccc(NC(=O)c2nnn(CC(=O)Nc3ccc(C)cc3C)c2N)c1. The predicted octanol–water partition coefficient (Wildman–Crippen LogP) is 3.09. The van der Waals surface area contributed by atoms with E-state index < -0.39 is 5.91 Å². The first-order chi connectivity index (χ1) is 13.9. The average Bonchev–Trinajstić information content (AvgIpc) is 3.04. The number of amides is 2. The van der Waals surface area contributed by atoms with Gasteiger partial charge in [-0.1, -0.05) is 29.0 Å². The van der Waals surface area contributed by atoms with Gasteiger partial charge in [0.1, 0.15) is 6.54 Å². The highest BCUT2D eigenvalue weighted by molar-refractivity contribution is 7.98. The molecule has 3 rings (SSSR count). The van der Waals surface area contributed by atoms with Gasteiger partial charge in [0.15, 0.2) is 11.5 Å². The molecule has 0 atom stereocenters. The van der Waals surface area contributed by atoms with Gasteiger partial charge in [0.25, 0.3) is 5.91 Å². The summed E-state index contributed by atoms with van der Waals surface area (Å²) in [4.78, 5) is 25.9. The van der Waals surface area contributed by atoms with E-state index in [1.165, 1.54) is 4.68 Å². The Balaban J connectivity index is 1.68. The monoisotopic (exact) mass is 410 g/mol. The second-order valence-corrected chi connectivity index (χ2v) is 7.41. The van der Waals surface area contributed by atoms with Gasteiger partial charge in [-0.05, 0) is 49.9 Å². The van der Waals surface area contributed by atoms with Gasteiger partial charge in [-0.2, -0.15) is 0 Å². The molecule has 0 bridgehead atoms. The minimum Gasteiger partial charge on any atom is -0.382 e. The van der Waals surface area contributed by atoms with Crippen LogP contribution in [0.5, 0.6) is 0 Å². The van der Waals surface area contributed by atoms with Gasteiger partial charge in [-0.3, -0.25) is 9.59 Å². The summed E-state index contributed by atoms with van der Waals surface area (Å²) in [6, 6.07) is 13.2. The molecule has 3 aromatic rings. The second kappa shape index (κ2) is 8.78. The lowest BCUT2D eigenvalue weighted by atomic mass is 10.1. The van der Waals surface area contributed by atoms with Crippen LogP contribution in [0.15, 0.2) is 47.4 Å². The van der Waals surface area contributed by atoms with Crippen LogP contribution in [0.2, 0.25) is 0 Å². The van der Waals surface area contributed by atoms with E-state index in [2.05, 4.69) is 20.9 Å². The number of carbonyl (C=O) groups excluding carboxylic acids is 2. The van der Waals surface area contributed by atoms with Crippen molar-refractivity contribution in [2.45, 2.75) is 25.3 Å². The fourth-order valence-corrected chi connectivity index (χ4v) is 3.23. The second-order valence-electron chi connectivity index (χ2n) is 6.53. The molecule has 150 valence electrons. The number of aromatic nitrogens is 3. The van der Waals surface area contributed by atoms with Crippen LogP contribution in [0.1, 0.15) is 21.6 Å². The highest BCUT2D eigenvalue weighted by atomic mass is 32.2. The van der Waals surface area contributed by atoms with Gasteiger partial charge in [-0.15, -0.1) is 16.9 Å². The number of rotatable bonds is 6. The fourth-order valence-electron chi connectivity index (χ4n) is 2.77. The van der Waals surface area contributed by atoms with E-state index in [1.54, 1.807) is 17.8 Å². The molecule has 8 nitrogen and oxygen atoms in total. The van der Waals surface area contributed by atoms with Crippen LogP contribution in [0.25, 0.3) is 0 Å². The number of nitrogens with zero attached hydrogens (tertiary/aromatic N) is 3. The van der Waals surface area contributed by atoms with Crippen LogP contribution in [-0.2, 0) is 11.3 Å². The molecule has 1 heterocycles. The Kier molecular flexibility index (Phi) is 6.18. The lowest BCUT2D eigenvalue weighted by Gasteiger charge is -2.09. The average molecular weight is 411 g/mol. The van der Waals surface area contributed by atoms with Crippen molar-refractivity contribution in [2.75, 3.05) is 22.6 Å². The smallest absolute Gasteiger partial charge is 0.280 e. The first-order valence-electron chi connectivity index (χ1n) is 8.89. The highest BCUT2D eigenvalue weighted by Crippen LogP contribution is 2.20. The quantitative estimate of drug-likeness (QED) is 0.538. The lowest BCUT2D eigenvalue weighted by Crippen LogP contribution is -2.21. The van der Waals surface area contributed by atoms with Gasteiger partial charge in [0, 0.05) is 16.3 Å². The number of nitrogens with two attached hydrogens (primary N) is 1. The van der Waals surface area contributed by atoms with Crippen LogP contribution in [0, 0.1) is 13.8 Å². The molecular weight excluding hydrogens is 388 g/mol. The maximum Gasteiger partial charge on any atom is 0.280 e. The maximum absolute atomic E-state index is 12.5. The van der Waals surface area contributed by atoms with E-state index in [0.717, 1.165) is 16.0 Å². The van der Waals surface area contributed by atoms with Crippen molar-refractivity contribution in [3.63, 3.8) is 0 Å². The third-order valence-electron chi connectivity index (χ3n) is 4.27. The first kappa shape index (κ1) is 20.4. The first-order valence-corrected chi connectivity index (χ1v) is 10.1. The predicted molar refractivity (Wildman–Crippen MR) is 115 cm³/mol. The Morgan fingerprint density at radius 1 is 1.14 bits per heavy atom. The Bertz CT molecular complexity index is 1060. The highest BCUT2D eigenvalue weighted by Gasteiger charge is 2.19. The number of carbonyl (C=O) groups is 2. The molecule has 0 aliphatic rings. The summed E-state index contributed by atoms with van der Waals surface area (Å²) in [6.45, 7) is 3.75. The Labute approximate surface area is 172 Å². The number of thioether (sulfide) groups is 1. The van der Waals surface area contributed by atoms with E-state index in [-0.39, 0.29) is 24.0 Å². The zero-order valence-corrected chi connectivity index (χ0v) is 17.2. The molecule has 0 fully saturated rings. The summed E-state index contributed by atoms with van der Waals surface area (Å²) >= 11 is 1.57. The molecule has 0 unspecified atom stereocenters. The zero-order chi connectivity index (χ0) is 21.0. The van der Waals surface area contributed by atoms with E-state index in [4.69, 9.17) is 5.73 Å². The molecule has 0 saturated carbocycles. The van der Waals surface area contributed by atoms with Crippen LogP contribution in [0.3, 0.4) is 0 Å². The van der Waals surface area contributed by atoms with Crippen molar-refractivity contribution >= 4 is 40.8 Å². The number of hydrogen-bond donors (Lipinski definition) is 3. The van der Waals surface area contributed by atoms with Crippen molar-refractivity contribution in [1.82, 2.24) is 15.0 Å². The molecule has 4 N–H and O–H groups in total. The van der Waals surface area contributed by atoms with E-state index >= 15 is 0 Å². The summed E-state index contributed by atoms with van der Waals surface area (Å²) in [5, 5.41) is 13.2. The molecule has 0 aliphatic carbocycles. The number of aryl methyl sites for hydroxylation is 2. The summed E-state index contributed by atoms with van der Waals surface area (Å²) < 4.78 is 1.20. The number of hydrogen-bond acceptors (Lipinski definition) is 6. The van der Waals surface area contributed by atoms with Gasteiger partial charge >= 0.3 is 0 Å². The van der Waals surface area contributed by atoms with Gasteiger partial charge in [0.2, 0.25) is 5.91 Å². The number of anilines is 3. The maximum atomic E-state index is 12.5.